The maximum absolute atomic E-state index is 12.0. The molecule has 0 spiro atoms. The first kappa shape index (κ1) is 40.1. The first-order valence-corrected chi connectivity index (χ1v) is 18.5. The third kappa shape index (κ3) is 7.39. The van der Waals surface area contributed by atoms with Gasteiger partial charge in [-0.05, 0) is 123 Å². The van der Waals surface area contributed by atoms with Crippen molar-refractivity contribution >= 4 is 20.8 Å². The zero-order chi connectivity index (χ0) is 31.3. The number of aliphatic hydroxyl groups is 2. The summed E-state index contributed by atoms with van der Waals surface area (Å²) in [5.41, 5.74) is -1.48. The van der Waals surface area contributed by atoms with E-state index in [0.29, 0.717) is 24.7 Å². The van der Waals surface area contributed by atoms with E-state index in [9.17, 15) is 36.2 Å². The molecule has 0 aromatic rings. The number of hydrogen-bond donors (Lipinski definition) is 2. The van der Waals surface area contributed by atoms with E-state index in [-0.39, 0.29) is 112 Å². The van der Waals surface area contributed by atoms with Crippen LogP contribution in [0.3, 0.4) is 0 Å². The Morgan fingerprint density at radius 1 is 0.909 bits per heavy atom. The van der Waals surface area contributed by atoms with E-state index in [4.69, 9.17) is 8.37 Å². The molecule has 0 amide bonds. The smallest absolute Gasteiger partial charge is 0.726 e. The van der Waals surface area contributed by atoms with Crippen LogP contribution in [-0.4, -0.2) is 60.1 Å². The zero-order valence-electron chi connectivity index (χ0n) is 27.8. The van der Waals surface area contributed by atoms with Crippen molar-refractivity contribution in [2.24, 2.45) is 57.7 Å². The Kier molecular flexibility index (Phi) is 12.2. The largest absolute Gasteiger partial charge is 1.00 e. The monoisotopic (exact) mass is 680 g/mol. The fourth-order valence-electron chi connectivity index (χ4n) is 11.5. The van der Waals surface area contributed by atoms with Gasteiger partial charge in [-0.3, -0.25) is 8.37 Å². The molecule has 5 saturated carbocycles. The summed E-state index contributed by atoms with van der Waals surface area (Å²) in [5, 5.41) is 23.5. The van der Waals surface area contributed by atoms with Gasteiger partial charge in [0.15, 0.2) is 0 Å². The fraction of sp³-hybridized carbons (Fsp3) is 1.00. The molecule has 44 heavy (non-hydrogen) atoms. The van der Waals surface area contributed by atoms with Crippen molar-refractivity contribution in [3.8, 4) is 0 Å². The van der Waals surface area contributed by atoms with Crippen molar-refractivity contribution < 1.29 is 104 Å². The number of fused-ring (bicyclic) bond motifs is 5. The van der Waals surface area contributed by atoms with Crippen molar-refractivity contribution in [1.82, 2.24) is 0 Å². The molecule has 0 saturated heterocycles. The van der Waals surface area contributed by atoms with Crippen molar-refractivity contribution in [1.29, 1.82) is 0 Å². The average molecular weight is 681 g/mol. The van der Waals surface area contributed by atoms with Gasteiger partial charge in [-0.2, -0.15) is 0 Å². The van der Waals surface area contributed by atoms with Crippen molar-refractivity contribution in [3.63, 3.8) is 0 Å². The zero-order valence-corrected chi connectivity index (χ0v) is 33.5. The van der Waals surface area contributed by atoms with E-state index in [1.165, 1.54) is 6.42 Å². The summed E-state index contributed by atoms with van der Waals surface area (Å²) in [6.07, 6.45) is 3.42. The summed E-state index contributed by atoms with van der Waals surface area (Å²) in [7, 11) is -10.3. The normalized spacial score (nSPS) is 46.5. The van der Waals surface area contributed by atoms with E-state index in [2.05, 4.69) is 34.6 Å². The van der Waals surface area contributed by atoms with Crippen molar-refractivity contribution in [2.75, 3.05) is 0 Å². The van der Waals surface area contributed by atoms with Gasteiger partial charge in [0, 0.05) is 5.92 Å². The summed E-state index contributed by atoms with van der Waals surface area (Å²) >= 11 is 0. The fourth-order valence-corrected chi connectivity index (χ4v) is 12.5. The van der Waals surface area contributed by atoms with Crippen LogP contribution < -0.4 is 59.1 Å². The van der Waals surface area contributed by atoms with E-state index < -0.39 is 50.1 Å². The van der Waals surface area contributed by atoms with E-state index in [1.807, 2.05) is 6.92 Å². The van der Waals surface area contributed by atoms with E-state index in [0.717, 1.165) is 32.1 Å². The molecule has 5 fully saturated rings. The van der Waals surface area contributed by atoms with Crippen LogP contribution in [0.1, 0.15) is 106 Å². The molecule has 0 aromatic heterocycles. The Morgan fingerprint density at radius 3 is 2.00 bits per heavy atom. The second kappa shape index (κ2) is 13.4. The molecule has 5 aliphatic carbocycles. The SMILES string of the molecule is CC(C)[C@]1(CCC(C)(O)[C@@H]2C(O)CC3C4CCC5CC(OS(=O)(=O)[O-])C(OS(=O)(=O)[O-])C[C@]5(C)C4CC[C@@]32C)CC1C.[Na+].[Na+]. The van der Waals surface area contributed by atoms with Crippen LogP contribution >= 0.6 is 0 Å². The van der Waals surface area contributed by atoms with Gasteiger partial charge in [0.2, 0.25) is 20.8 Å². The molecule has 14 heteroatoms. The van der Waals surface area contributed by atoms with Crippen LogP contribution in [0.2, 0.25) is 0 Å². The van der Waals surface area contributed by atoms with Crippen molar-refractivity contribution in [2.45, 2.75) is 130 Å². The molecule has 0 radical (unpaired) electrons. The van der Waals surface area contributed by atoms with Gasteiger partial charge in [0.25, 0.3) is 0 Å². The summed E-state index contributed by atoms with van der Waals surface area (Å²) in [4.78, 5) is 0. The Bertz CT molecular complexity index is 1260. The van der Waals surface area contributed by atoms with Crippen LogP contribution in [0, 0.1) is 57.7 Å². The van der Waals surface area contributed by atoms with Gasteiger partial charge in [0.1, 0.15) is 12.2 Å². The number of rotatable bonds is 9. The topological polar surface area (TPSA) is 173 Å². The van der Waals surface area contributed by atoms with Crippen LogP contribution in [0.25, 0.3) is 0 Å². The molecular weight excluding hydrogens is 630 g/mol. The molecule has 9 unspecified atom stereocenters. The van der Waals surface area contributed by atoms with Gasteiger partial charge in [-0.15, -0.1) is 0 Å². The van der Waals surface area contributed by atoms with Crippen LogP contribution in [0.15, 0.2) is 0 Å². The van der Waals surface area contributed by atoms with Gasteiger partial charge < -0.3 is 19.3 Å². The summed E-state index contributed by atoms with van der Waals surface area (Å²) < 4.78 is 78.6. The van der Waals surface area contributed by atoms with Crippen LogP contribution in [0.5, 0.6) is 0 Å². The maximum Gasteiger partial charge on any atom is 1.00 e. The minimum absolute atomic E-state index is 0. The summed E-state index contributed by atoms with van der Waals surface area (Å²) in [6.45, 7) is 13.0. The molecule has 0 heterocycles. The molecule has 244 valence electrons. The minimum atomic E-state index is -5.17. The Morgan fingerprint density at radius 2 is 1.48 bits per heavy atom. The second-order valence-corrected chi connectivity index (χ2v) is 17.9. The Hall–Kier alpha value is 1.66. The van der Waals surface area contributed by atoms with Crippen LogP contribution in [0.4, 0.5) is 0 Å². The quantitative estimate of drug-likeness (QED) is 0.160. The van der Waals surface area contributed by atoms with Gasteiger partial charge in [0.05, 0.1) is 11.7 Å². The summed E-state index contributed by atoms with van der Waals surface area (Å²) in [6, 6.07) is 0. The Balaban J connectivity index is 0.00000264. The van der Waals surface area contributed by atoms with Crippen LogP contribution in [-0.2, 0) is 29.2 Å². The molecule has 5 rings (SSSR count). The third-order valence-corrected chi connectivity index (χ3v) is 14.5. The molecule has 0 aromatic carbocycles. The Labute approximate surface area is 309 Å². The molecule has 2 N–H and O–H groups in total. The second-order valence-electron chi connectivity index (χ2n) is 15.9. The van der Waals surface area contributed by atoms with E-state index >= 15 is 0 Å². The molecule has 5 aliphatic rings. The van der Waals surface area contributed by atoms with E-state index in [1.54, 1.807) is 0 Å². The molecule has 0 aliphatic heterocycles. The predicted octanol–water partition coefficient (Wildman–Crippen LogP) is -1.86. The van der Waals surface area contributed by atoms with Gasteiger partial charge in [-0.1, -0.05) is 34.6 Å². The first-order chi connectivity index (χ1) is 19.1. The first-order valence-electron chi connectivity index (χ1n) is 15.8. The third-order valence-electron chi connectivity index (χ3n) is 13.6. The molecule has 13 atom stereocenters. The summed E-state index contributed by atoms with van der Waals surface area (Å²) in [5.74, 6) is 1.41. The molecule has 0 bridgehead atoms. The van der Waals surface area contributed by atoms with Gasteiger partial charge >= 0.3 is 59.1 Å². The number of aliphatic hydroxyl groups excluding tert-OH is 1. The molecule has 10 nitrogen and oxygen atoms in total. The minimum Gasteiger partial charge on any atom is -0.726 e. The standard InChI is InChI=1S/C30H52O10S2.2Na/c1-17(2)30(15-18(30)3)12-11-29(6,32)26-23(31)14-22-20-8-7-19-13-24(39-41(33,34)35)25(40-42(36,37)38)16-28(19,5)21(20)9-10-27(22,26)4;;/h17-26,31-32H,7-16H2,1-6H3,(H,33,34,35)(H,36,37,38);;/q;2*+1/p-2/t18?,19?,20?,21?,22?,23?,24?,25?,26-,27+,28+,29?,30+;;/m1../s1. The molecular formula is C30H50Na2O10S2. The van der Waals surface area contributed by atoms with Crippen molar-refractivity contribution in [3.05, 3.63) is 0 Å². The number of hydrogen-bond acceptors (Lipinski definition) is 10. The average Bonchev–Trinajstić information content (AvgIpc) is 3.40. The predicted molar refractivity (Wildman–Crippen MR) is 152 cm³/mol. The van der Waals surface area contributed by atoms with Gasteiger partial charge in [-0.25, -0.2) is 16.8 Å². The maximum atomic E-state index is 12.0.